The molecule has 1 atom stereocenters. The van der Waals surface area contributed by atoms with Crippen LogP contribution in [0.2, 0.25) is 0 Å². The largest absolute Gasteiger partial charge is 0.469 e. The second-order valence-corrected chi connectivity index (χ2v) is 3.58. The van der Waals surface area contributed by atoms with Gasteiger partial charge in [-0.05, 0) is 29.8 Å². The second kappa shape index (κ2) is 4.75. The number of carbonyl (C=O) groups excluding carboxylic acids is 1. The Morgan fingerprint density at radius 2 is 2.00 bits per heavy atom. The lowest BCUT2D eigenvalue weighted by Gasteiger charge is -2.08. The van der Waals surface area contributed by atoms with E-state index in [-0.39, 0.29) is 11.7 Å². The molecule has 0 bridgehead atoms. The minimum absolute atomic E-state index is 0.285. The number of benzene rings is 1. The summed E-state index contributed by atoms with van der Waals surface area (Å²) < 4.78 is 17.9. The number of halogens is 1. The molecule has 2 nitrogen and oxygen atoms in total. The molecule has 3 heteroatoms. The minimum atomic E-state index is -0.300. The lowest BCUT2D eigenvalue weighted by Crippen LogP contribution is -2.03. The van der Waals surface area contributed by atoms with Gasteiger partial charge in [0.2, 0.25) is 0 Å². The lowest BCUT2D eigenvalue weighted by molar-refractivity contribution is -0.109. The Balaban J connectivity index is 2.16. The van der Waals surface area contributed by atoms with E-state index in [1.165, 1.54) is 12.1 Å². The van der Waals surface area contributed by atoms with Crippen LogP contribution in [0.3, 0.4) is 0 Å². The standard InChI is InChI=1S/C13H11FO2/c14-12-5-3-10(4-6-12)11(9-15)8-13-2-1-7-16-13/h1-7,9,11H,8H2. The fourth-order valence-electron chi connectivity index (χ4n) is 1.60. The zero-order valence-corrected chi connectivity index (χ0v) is 8.60. The van der Waals surface area contributed by atoms with Crippen molar-refractivity contribution >= 4 is 6.29 Å². The topological polar surface area (TPSA) is 30.2 Å². The van der Waals surface area contributed by atoms with Crippen molar-refractivity contribution in [2.75, 3.05) is 0 Å². The van der Waals surface area contributed by atoms with Gasteiger partial charge in [0.15, 0.2) is 0 Å². The van der Waals surface area contributed by atoms with Crippen LogP contribution in [-0.4, -0.2) is 6.29 Å². The number of furan rings is 1. The van der Waals surface area contributed by atoms with Gasteiger partial charge in [-0.25, -0.2) is 4.39 Å². The number of hydrogen-bond acceptors (Lipinski definition) is 2. The minimum Gasteiger partial charge on any atom is -0.469 e. The molecule has 0 radical (unpaired) electrons. The molecular formula is C13H11FO2. The van der Waals surface area contributed by atoms with Gasteiger partial charge in [0.05, 0.1) is 6.26 Å². The predicted molar refractivity (Wildman–Crippen MR) is 57.6 cm³/mol. The van der Waals surface area contributed by atoms with Gasteiger partial charge in [-0.15, -0.1) is 0 Å². The highest BCUT2D eigenvalue weighted by Gasteiger charge is 2.12. The van der Waals surface area contributed by atoms with Crippen molar-refractivity contribution in [3.63, 3.8) is 0 Å². The molecule has 16 heavy (non-hydrogen) atoms. The number of carbonyl (C=O) groups is 1. The number of aldehydes is 1. The summed E-state index contributed by atoms with van der Waals surface area (Å²) in [5, 5.41) is 0. The van der Waals surface area contributed by atoms with Crippen LogP contribution in [0, 0.1) is 5.82 Å². The average Bonchev–Trinajstić information content (AvgIpc) is 2.80. The van der Waals surface area contributed by atoms with Crippen LogP contribution in [0.15, 0.2) is 47.1 Å². The molecule has 0 saturated carbocycles. The van der Waals surface area contributed by atoms with Crippen molar-refractivity contribution in [3.05, 3.63) is 59.8 Å². The third-order valence-corrected chi connectivity index (χ3v) is 2.46. The molecule has 2 aromatic rings. The molecule has 0 aliphatic rings. The smallest absolute Gasteiger partial charge is 0.127 e. The predicted octanol–water partition coefficient (Wildman–Crippen LogP) is 2.94. The third kappa shape index (κ3) is 2.37. The van der Waals surface area contributed by atoms with Gasteiger partial charge < -0.3 is 9.21 Å². The number of rotatable bonds is 4. The summed E-state index contributed by atoms with van der Waals surface area (Å²) >= 11 is 0. The maximum Gasteiger partial charge on any atom is 0.127 e. The molecule has 1 unspecified atom stereocenters. The van der Waals surface area contributed by atoms with Gasteiger partial charge in [-0.2, -0.15) is 0 Å². The molecule has 0 aliphatic carbocycles. The first-order valence-electron chi connectivity index (χ1n) is 5.03. The summed E-state index contributed by atoms with van der Waals surface area (Å²) in [5.41, 5.74) is 0.799. The molecular weight excluding hydrogens is 207 g/mol. The van der Waals surface area contributed by atoms with Crippen molar-refractivity contribution < 1.29 is 13.6 Å². The van der Waals surface area contributed by atoms with Crippen molar-refractivity contribution in [2.24, 2.45) is 0 Å². The van der Waals surface area contributed by atoms with Crippen LogP contribution in [0.4, 0.5) is 4.39 Å². The highest BCUT2D eigenvalue weighted by atomic mass is 19.1. The van der Waals surface area contributed by atoms with Gasteiger partial charge in [0, 0.05) is 12.3 Å². The van der Waals surface area contributed by atoms with Gasteiger partial charge in [0.25, 0.3) is 0 Å². The lowest BCUT2D eigenvalue weighted by atomic mass is 9.96. The summed E-state index contributed by atoms with van der Waals surface area (Å²) in [6.07, 6.45) is 2.93. The van der Waals surface area contributed by atoms with Crippen LogP contribution in [0.1, 0.15) is 17.2 Å². The van der Waals surface area contributed by atoms with E-state index < -0.39 is 0 Å². The summed E-state index contributed by atoms with van der Waals surface area (Å²) in [7, 11) is 0. The molecule has 1 heterocycles. The second-order valence-electron chi connectivity index (χ2n) is 3.58. The van der Waals surface area contributed by atoms with E-state index in [9.17, 15) is 9.18 Å². The highest BCUT2D eigenvalue weighted by Crippen LogP contribution is 2.19. The van der Waals surface area contributed by atoms with E-state index in [2.05, 4.69) is 0 Å². The Bertz CT molecular complexity index is 445. The Kier molecular flexibility index (Phi) is 3.15. The van der Waals surface area contributed by atoms with Crippen molar-refractivity contribution in [3.8, 4) is 0 Å². The first-order valence-corrected chi connectivity index (χ1v) is 5.03. The summed E-state index contributed by atoms with van der Waals surface area (Å²) in [6.45, 7) is 0. The SMILES string of the molecule is O=CC(Cc1ccco1)c1ccc(F)cc1. The first-order chi connectivity index (χ1) is 7.79. The van der Waals surface area contributed by atoms with E-state index in [1.54, 1.807) is 24.5 Å². The summed E-state index contributed by atoms with van der Waals surface area (Å²) in [4.78, 5) is 11.0. The summed E-state index contributed by atoms with van der Waals surface area (Å²) in [5.74, 6) is 0.166. The van der Waals surface area contributed by atoms with Crippen LogP contribution in [0.25, 0.3) is 0 Å². The molecule has 0 saturated heterocycles. The summed E-state index contributed by atoms with van der Waals surface area (Å²) in [6, 6.07) is 9.55. The molecule has 1 aromatic carbocycles. The average molecular weight is 218 g/mol. The quantitative estimate of drug-likeness (QED) is 0.738. The Labute approximate surface area is 92.7 Å². The van der Waals surface area contributed by atoms with Crippen LogP contribution >= 0.6 is 0 Å². The van der Waals surface area contributed by atoms with Gasteiger partial charge in [0.1, 0.15) is 17.9 Å². The van der Waals surface area contributed by atoms with Crippen LogP contribution < -0.4 is 0 Å². The monoisotopic (exact) mass is 218 g/mol. The van der Waals surface area contributed by atoms with Crippen molar-refractivity contribution in [1.82, 2.24) is 0 Å². The Hall–Kier alpha value is -1.90. The van der Waals surface area contributed by atoms with E-state index in [0.29, 0.717) is 6.42 Å². The Morgan fingerprint density at radius 1 is 1.25 bits per heavy atom. The van der Waals surface area contributed by atoms with Crippen LogP contribution in [0.5, 0.6) is 0 Å². The normalized spacial score (nSPS) is 12.3. The molecule has 0 amide bonds. The van der Waals surface area contributed by atoms with Gasteiger partial charge in [-0.3, -0.25) is 0 Å². The van der Waals surface area contributed by atoms with Crippen LogP contribution in [-0.2, 0) is 11.2 Å². The number of hydrogen-bond donors (Lipinski definition) is 0. The van der Waals surface area contributed by atoms with Gasteiger partial charge in [-0.1, -0.05) is 12.1 Å². The maximum atomic E-state index is 12.7. The van der Waals surface area contributed by atoms with Crippen molar-refractivity contribution in [2.45, 2.75) is 12.3 Å². The zero-order valence-electron chi connectivity index (χ0n) is 8.60. The molecule has 0 spiro atoms. The molecule has 0 fully saturated rings. The third-order valence-electron chi connectivity index (χ3n) is 2.46. The van der Waals surface area contributed by atoms with Gasteiger partial charge >= 0.3 is 0 Å². The molecule has 0 N–H and O–H groups in total. The molecule has 1 aromatic heterocycles. The maximum absolute atomic E-state index is 12.7. The Morgan fingerprint density at radius 3 is 2.56 bits per heavy atom. The fourth-order valence-corrected chi connectivity index (χ4v) is 1.60. The molecule has 0 aliphatic heterocycles. The van der Waals surface area contributed by atoms with E-state index in [4.69, 9.17) is 4.42 Å². The molecule has 2 rings (SSSR count). The van der Waals surface area contributed by atoms with E-state index in [1.807, 2.05) is 6.07 Å². The zero-order chi connectivity index (χ0) is 11.4. The first kappa shape index (κ1) is 10.6. The van der Waals surface area contributed by atoms with E-state index in [0.717, 1.165) is 17.6 Å². The van der Waals surface area contributed by atoms with Crippen molar-refractivity contribution in [1.29, 1.82) is 0 Å². The fraction of sp³-hybridized carbons (Fsp3) is 0.154. The highest BCUT2D eigenvalue weighted by molar-refractivity contribution is 5.62. The molecule has 82 valence electrons. The van der Waals surface area contributed by atoms with E-state index >= 15 is 0 Å².